The van der Waals surface area contributed by atoms with Gasteiger partial charge in [-0.2, -0.15) is 5.26 Å². The number of halogens is 1. The van der Waals surface area contributed by atoms with E-state index in [1.807, 2.05) is 6.07 Å². The van der Waals surface area contributed by atoms with Crippen LogP contribution >= 0.6 is 22.9 Å². The van der Waals surface area contributed by atoms with Gasteiger partial charge in [-0.05, 0) is 24.6 Å². The summed E-state index contributed by atoms with van der Waals surface area (Å²) >= 11 is 7.01. The predicted octanol–water partition coefficient (Wildman–Crippen LogP) is 3.07. The fraction of sp³-hybridized carbons (Fsp3) is 0.250. The van der Waals surface area contributed by atoms with Crippen LogP contribution in [-0.2, 0) is 20.7 Å². The minimum absolute atomic E-state index is 0.0397. The number of ketones is 1. The van der Waals surface area contributed by atoms with E-state index in [4.69, 9.17) is 21.6 Å². The Morgan fingerprint density at radius 2 is 2.09 bits per heavy atom. The van der Waals surface area contributed by atoms with E-state index in [0.29, 0.717) is 10.0 Å². The number of ether oxygens (including phenoxy) is 1. The van der Waals surface area contributed by atoms with E-state index in [0.717, 1.165) is 11.3 Å². The Kier molecular flexibility index (Phi) is 5.85. The lowest BCUT2D eigenvalue weighted by atomic mass is 10.1. The number of aromatic nitrogens is 1. The van der Waals surface area contributed by atoms with Crippen LogP contribution in [-0.4, -0.2) is 23.3 Å². The summed E-state index contributed by atoms with van der Waals surface area (Å²) in [7, 11) is 0. The molecule has 1 aromatic heterocycles. The third-order valence-corrected chi connectivity index (χ3v) is 4.25. The molecule has 0 fully saturated rings. The highest BCUT2D eigenvalue weighted by molar-refractivity contribution is 7.09. The highest BCUT2D eigenvalue weighted by atomic mass is 35.5. The van der Waals surface area contributed by atoms with E-state index in [-0.39, 0.29) is 6.42 Å². The number of hydrogen-bond acceptors (Lipinski definition) is 6. The van der Waals surface area contributed by atoms with Crippen LogP contribution in [0.1, 0.15) is 22.2 Å². The third-order valence-electron chi connectivity index (χ3n) is 2.97. The summed E-state index contributed by atoms with van der Waals surface area (Å²) in [6.07, 6.45) is 0.0397. The molecule has 5 nitrogen and oxygen atoms in total. The predicted molar refractivity (Wildman–Crippen MR) is 86.3 cm³/mol. The van der Waals surface area contributed by atoms with Crippen molar-refractivity contribution >= 4 is 34.7 Å². The molecule has 0 aliphatic heterocycles. The maximum atomic E-state index is 12.0. The van der Waals surface area contributed by atoms with Gasteiger partial charge in [-0.3, -0.25) is 9.59 Å². The van der Waals surface area contributed by atoms with Gasteiger partial charge in [-0.25, -0.2) is 4.98 Å². The summed E-state index contributed by atoms with van der Waals surface area (Å²) in [6.45, 7) is 1.34. The molecule has 2 rings (SSSR count). The van der Waals surface area contributed by atoms with Crippen LogP contribution in [0.2, 0.25) is 5.02 Å². The van der Waals surface area contributed by atoms with Crippen molar-refractivity contribution in [1.82, 2.24) is 4.98 Å². The number of aryl methyl sites for hydroxylation is 1. The first-order chi connectivity index (χ1) is 11.0. The third kappa shape index (κ3) is 4.88. The Labute approximate surface area is 142 Å². The summed E-state index contributed by atoms with van der Waals surface area (Å²) in [6, 6.07) is 8.67. The van der Waals surface area contributed by atoms with Gasteiger partial charge in [0.15, 0.2) is 18.3 Å². The normalized spacial score (nSPS) is 11.5. The summed E-state index contributed by atoms with van der Waals surface area (Å²) in [4.78, 5) is 27.9. The van der Waals surface area contributed by atoms with E-state index < -0.39 is 24.3 Å². The number of Topliss-reactive ketones (excluding diaryl/α,β-unsaturated/α-hetero) is 1. The van der Waals surface area contributed by atoms with Gasteiger partial charge in [0.2, 0.25) is 0 Å². The zero-order valence-corrected chi connectivity index (χ0v) is 13.9. The molecule has 0 spiro atoms. The topological polar surface area (TPSA) is 80.0 Å². The minimum Gasteiger partial charge on any atom is -0.457 e. The molecular formula is C16H13ClN2O3S. The number of carbonyl (C=O) groups excluding carboxylic acids is 2. The van der Waals surface area contributed by atoms with Crippen LogP contribution in [0, 0.1) is 18.3 Å². The van der Waals surface area contributed by atoms with Crippen LogP contribution in [0.25, 0.3) is 0 Å². The molecule has 0 saturated heterocycles. The molecule has 0 bridgehead atoms. The highest BCUT2D eigenvalue weighted by Gasteiger charge is 2.24. The largest absolute Gasteiger partial charge is 0.457 e. The van der Waals surface area contributed by atoms with Crippen LogP contribution in [0.3, 0.4) is 0 Å². The Hall–Kier alpha value is -2.23. The first kappa shape index (κ1) is 17.1. The maximum absolute atomic E-state index is 12.0. The van der Waals surface area contributed by atoms with Gasteiger partial charge in [-0.15, -0.1) is 11.3 Å². The van der Waals surface area contributed by atoms with Crippen LogP contribution in [0.4, 0.5) is 0 Å². The van der Waals surface area contributed by atoms with Crippen molar-refractivity contribution in [3.05, 3.63) is 50.9 Å². The van der Waals surface area contributed by atoms with Gasteiger partial charge in [0, 0.05) is 16.1 Å². The van der Waals surface area contributed by atoms with Crippen molar-refractivity contribution in [2.45, 2.75) is 19.3 Å². The average Bonchev–Trinajstić information content (AvgIpc) is 2.94. The van der Waals surface area contributed by atoms with Crippen molar-refractivity contribution in [1.29, 1.82) is 5.26 Å². The van der Waals surface area contributed by atoms with Gasteiger partial charge in [0.05, 0.1) is 12.5 Å². The Bertz CT molecular complexity index is 749. The van der Waals surface area contributed by atoms with Crippen molar-refractivity contribution in [3.8, 4) is 6.07 Å². The zero-order chi connectivity index (χ0) is 16.8. The smallest absolute Gasteiger partial charge is 0.310 e. The summed E-state index contributed by atoms with van der Waals surface area (Å²) < 4.78 is 4.95. The van der Waals surface area contributed by atoms with Crippen molar-refractivity contribution < 1.29 is 14.3 Å². The Morgan fingerprint density at radius 3 is 2.65 bits per heavy atom. The van der Waals surface area contributed by atoms with Gasteiger partial charge in [-0.1, -0.05) is 23.7 Å². The monoisotopic (exact) mass is 348 g/mol. The van der Waals surface area contributed by atoms with E-state index in [1.165, 1.54) is 11.3 Å². The fourth-order valence-corrected chi connectivity index (χ4v) is 2.81. The van der Waals surface area contributed by atoms with E-state index in [9.17, 15) is 9.59 Å². The van der Waals surface area contributed by atoms with Gasteiger partial charge in [0.25, 0.3) is 0 Å². The molecule has 1 heterocycles. The Balaban J connectivity index is 1.89. The fourth-order valence-electron chi connectivity index (χ4n) is 1.82. The molecule has 0 amide bonds. The number of nitriles is 1. The lowest BCUT2D eigenvalue weighted by molar-refractivity contribution is -0.147. The van der Waals surface area contributed by atoms with Crippen LogP contribution in [0.15, 0.2) is 29.6 Å². The lowest BCUT2D eigenvalue weighted by Crippen LogP contribution is -2.20. The molecule has 118 valence electrons. The number of carbonyl (C=O) groups is 2. The molecule has 0 radical (unpaired) electrons. The molecule has 0 aliphatic rings. The van der Waals surface area contributed by atoms with E-state index >= 15 is 0 Å². The zero-order valence-electron chi connectivity index (χ0n) is 12.3. The quantitative estimate of drug-likeness (QED) is 0.749. The SMILES string of the molecule is Cc1csc([C@H](C#N)C(=O)COC(=O)Cc2ccc(Cl)cc2)n1. The van der Waals surface area contributed by atoms with Crippen molar-refractivity contribution in [3.63, 3.8) is 0 Å². The van der Waals surface area contributed by atoms with E-state index in [2.05, 4.69) is 4.98 Å². The highest BCUT2D eigenvalue weighted by Crippen LogP contribution is 2.20. The number of hydrogen-bond donors (Lipinski definition) is 0. The molecule has 2 aromatic rings. The molecule has 0 saturated carbocycles. The molecule has 7 heteroatoms. The van der Waals surface area contributed by atoms with Gasteiger partial charge < -0.3 is 4.74 Å². The molecule has 0 N–H and O–H groups in total. The van der Waals surface area contributed by atoms with Gasteiger partial charge >= 0.3 is 5.97 Å². The average molecular weight is 349 g/mol. The maximum Gasteiger partial charge on any atom is 0.310 e. The summed E-state index contributed by atoms with van der Waals surface area (Å²) in [5.41, 5.74) is 1.48. The number of rotatable bonds is 6. The van der Waals surface area contributed by atoms with Crippen molar-refractivity contribution in [2.75, 3.05) is 6.61 Å². The molecular weight excluding hydrogens is 336 g/mol. The van der Waals surface area contributed by atoms with Crippen molar-refractivity contribution in [2.24, 2.45) is 0 Å². The van der Waals surface area contributed by atoms with Crippen LogP contribution < -0.4 is 0 Å². The first-order valence-electron chi connectivity index (χ1n) is 6.74. The summed E-state index contributed by atoms with van der Waals surface area (Å²) in [5, 5.41) is 11.9. The molecule has 1 atom stereocenters. The Morgan fingerprint density at radius 1 is 1.39 bits per heavy atom. The molecule has 0 unspecified atom stereocenters. The molecule has 23 heavy (non-hydrogen) atoms. The second-order valence-electron chi connectivity index (χ2n) is 4.82. The standard InChI is InChI=1S/C16H13ClN2O3S/c1-10-9-23-16(19-10)13(7-18)14(20)8-22-15(21)6-11-2-4-12(17)5-3-11/h2-5,9,13H,6,8H2,1H3/t13-/m1/s1. The number of thiazole rings is 1. The first-order valence-corrected chi connectivity index (χ1v) is 8.00. The number of nitrogens with zero attached hydrogens (tertiary/aromatic N) is 2. The molecule has 0 aliphatic carbocycles. The number of benzene rings is 1. The second kappa shape index (κ2) is 7.86. The summed E-state index contributed by atoms with van der Waals surface area (Å²) in [5.74, 6) is -2.02. The van der Waals surface area contributed by atoms with Gasteiger partial charge in [0.1, 0.15) is 5.01 Å². The minimum atomic E-state index is -1.00. The molecule has 1 aromatic carbocycles. The lowest BCUT2D eigenvalue weighted by Gasteiger charge is -2.07. The second-order valence-corrected chi connectivity index (χ2v) is 6.15. The number of esters is 1. The van der Waals surface area contributed by atoms with E-state index in [1.54, 1.807) is 36.6 Å². The van der Waals surface area contributed by atoms with Crippen LogP contribution in [0.5, 0.6) is 0 Å².